The molecule has 1 aromatic heterocycles. The summed E-state index contributed by atoms with van der Waals surface area (Å²) < 4.78 is 1.92. The van der Waals surface area contributed by atoms with E-state index in [1.165, 1.54) is 11.8 Å². The van der Waals surface area contributed by atoms with Crippen LogP contribution in [0.4, 0.5) is 5.69 Å². The Hall–Kier alpha value is -2.25. The summed E-state index contributed by atoms with van der Waals surface area (Å²) >= 11 is 3.14. The molecule has 0 aliphatic carbocycles. The highest BCUT2D eigenvalue weighted by atomic mass is 32.2. The molecule has 0 aliphatic heterocycles. The van der Waals surface area contributed by atoms with Gasteiger partial charge in [0.2, 0.25) is 5.91 Å². The maximum absolute atomic E-state index is 12.2. The van der Waals surface area contributed by atoms with Crippen LogP contribution in [-0.2, 0) is 4.79 Å². The Morgan fingerprint density at radius 3 is 2.68 bits per heavy atom. The van der Waals surface area contributed by atoms with Crippen molar-refractivity contribution in [3.05, 3.63) is 60.9 Å². The van der Waals surface area contributed by atoms with Crippen LogP contribution in [0, 0.1) is 0 Å². The van der Waals surface area contributed by atoms with Gasteiger partial charge in [-0.25, -0.2) is 0 Å². The van der Waals surface area contributed by atoms with Gasteiger partial charge in [0, 0.05) is 22.8 Å². The number of nitrogens with zero attached hydrogens (tertiary/aromatic N) is 3. The zero-order chi connectivity index (χ0) is 17.5. The minimum absolute atomic E-state index is 0.000207. The Morgan fingerprint density at radius 2 is 1.88 bits per heavy atom. The van der Waals surface area contributed by atoms with Crippen LogP contribution in [0.1, 0.15) is 6.42 Å². The number of thioether (sulfide) groups is 2. The van der Waals surface area contributed by atoms with E-state index < -0.39 is 0 Å². The van der Waals surface area contributed by atoms with Gasteiger partial charge in [0.25, 0.3) is 0 Å². The summed E-state index contributed by atoms with van der Waals surface area (Å²) in [5.74, 6) is 0.637. The number of hydrogen-bond acceptors (Lipinski definition) is 5. The number of para-hydroxylation sites is 2. The van der Waals surface area contributed by atoms with E-state index in [0.717, 1.165) is 21.4 Å². The van der Waals surface area contributed by atoms with Crippen molar-refractivity contribution >= 4 is 35.1 Å². The van der Waals surface area contributed by atoms with Gasteiger partial charge in [-0.2, -0.15) is 0 Å². The average molecular weight is 371 g/mol. The second-order valence-corrected chi connectivity index (χ2v) is 7.08. The minimum atomic E-state index is -0.000207. The molecule has 0 fully saturated rings. The van der Waals surface area contributed by atoms with Crippen LogP contribution in [0.2, 0.25) is 0 Å². The van der Waals surface area contributed by atoms with E-state index in [0.29, 0.717) is 12.2 Å². The average Bonchev–Trinajstić information content (AvgIpc) is 3.11. The summed E-state index contributed by atoms with van der Waals surface area (Å²) in [6, 6.07) is 17.7. The van der Waals surface area contributed by atoms with E-state index >= 15 is 0 Å². The number of carbonyl (C=O) groups excluding carboxylic acids is 1. The van der Waals surface area contributed by atoms with Crippen molar-refractivity contribution in [1.29, 1.82) is 0 Å². The molecule has 0 spiro atoms. The number of carbonyl (C=O) groups is 1. The van der Waals surface area contributed by atoms with Crippen LogP contribution in [0.5, 0.6) is 0 Å². The van der Waals surface area contributed by atoms with Crippen LogP contribution in [-0.4, -0.2) is 32.7 Å². The summed E-state index contributed by atoms with van der Waals surface area (Å²) in [6.45, 7) is 0. The minimum Gasteiger partial charge on any atom is -0.325 e. The Kier molecular flexibility index (Phi) is 6.14. The lowest BCUT2D eigenvalue weighted by molar-refractivity contribution is -0.115. The predicted molar refractivity (Wildman–Crippen MR) is 104 cm³/mol. The monoisotopic (exact) mass is 370 g/mol. The molecule has 1 N–H and O–H groups in total. The quantitative estimate of drug-likeness (QED) is 0.634. The van der Waals surface area contributed by atoms with Gasteiger partial charge < -0.3 is 5.32 Å². The van der Waals surface area contributed by atoms with E-state index in [9.17, 15) is 4.79 Å². The summed E-state index contributed by atoms with van der Waals surface area (Å²) in [4.78, 5) is 13.2. The molecule has 3 rings (SSSR count). The first kappa shape index (κ1) is 17.6. The zero-order valence-corrected chi connectivity index (χ0v) is 15.4. The smallest absolute Gasteiger partial charge is 0.225 e. The lowest BCUT2D eigenvalue weighted by atomic mass is 10.3. The van der Waals surface area contributed by atoms with Gasteiger partial charge in [-0.15, -0.1) is 22.0 Å². The summed E-state index contributed by atoms with van der Waals surface area (Å²) in [5, 5.41) is 11.9. The maximum Gasteiger partial charge on any atom is 0.225 e. The van der Waals surface area contributed by atoms with Gasteiger partial charge in [0.15, 0.2) is 5.16 Å². The van der Waals surface area contributed by atoms with E-state index in [-0.39, 0.29) is 5.91 Å². The fraction of sp³-hybridized carbons (Fsp3) is 0.167. The number of aromatic nitrogens is 3. The predicted octanol–water partition coefficient (Wildman–Crippen LogP) is 4.11. The van der Waals surface area contributed by atoms with Crippen LogP contribution in [0.25, 0.3) is 5.69 Å². The highest BCUT2D eigenvalue weighted by Gasteiger charge is 2.10. The molecule has 0 aliphatic rings. The molecular weight excluding hydrogens is 352 g/mol. The standard InChI is InChI=1S/C18H18N4OS2/c1-24-16-10-6-5-9-15(16)20-17(23)11-12-25-18-21-19-13-22(18)14-7-3-2-4-8-14/h2-10,13H,11-12H2,1H3,(H,20,23). The molecule has 0 bridgehead atoms. The zero-order valence-electron chi connectivity index (χ0n) is 13.8. The fourth-order valence-electron chi connectivity index (χ4n) is 2.28. The number of hydrogen-bond donors (Lipinski definition) is 1. The van der Waals surface area contributed by atoms with Gasteiger partial charge in [-0.3, -0.25) is 9.36 Å². The molecule has 25 heavy (non-hydrogen) atoms. The lowest BCUT2D eigenvalue weighted by Gasteiger charge is -2.09. The molecule has 128 valence electrons. The third kappa shape index (κ3) is 4.64. The number of amides is 1. The van der Waals surface area contributed by atoms with Gasteiger partial charge in [-0.05, 0) is 30.5 Å². The molecule has 5 nitrogen and oxygen atoms in total. The fourth-order valence-corrected chi connectivity index (χ4v) is 3.70. The van der Waals surface area contributed by atoms with Crippen molar-refractivity contribution < 1.29 is 4.79 Å². The first-order valence-corrected chi connectivity index (χ1v) is 10.00. The van der Waals surface area contributed by atoms with Crippen molar-refractivity contribution in [3.63, 3.8) is 0 Å². The van der Waals surface area contributed by atoms with Gasteiger partial charge >= 0.3 is 0 Å². The molecule has 0 saturated heterocycles. The number of anilines is 1. The highest BCUT2D eigenvalue weighted by molar-refractivity contribution is 7.99. The second-order valence-electron chi connectivity index (χ2n) is 5.17. The van der Waals surface area contributed by atoms with Crippen LogP contribution in [0.15, 0.2) is 71.0 Å². The van der Waals surface area contributed by atoms with Crippen molar-refractivity contribution in [2.45, 2.75) is 16.5 Å². The van der Waals surface area contributed by atoms with E-state index in [2.05, 4.69) is 15.5 Å². The maximum atomic E-state index is 12.2. The van der Waals surface area contributed by atoms with E-state index in [4.69, 9.17) is 0 Å². The summed E-state index contributed by atoms with van der Waals surface area (Å²) in [7, 11) is 0. The third-order valence-electron chi connectivity index (χ3n) is 3.49. The number of nitrogens with one attached hydrogen (secondary N) is 1. The first-order chi connectivity index (χ1) is 12.3. The van der Waals surface area contributed by atoms with Crippen molar-refractivity contribution in [2.75, 3.05) is 17.3 Å². The second kappa shape index (κ2) is 8.73. The molecule has 7 heteroatoms. The Balaban J connectivity index is 1.55. The first-order valence-electron chi connectivity index (χ1n) is 7.79. The Morgan fingerprint density at radius 1 is 1.12 bits per heavy atom. The normalized spacial score (nSPS) is 10.6. The van der Waals surface area contributed by atoms with Crippen LogP contribution in [0.3, 0.4) is 0 Å². The van der Waals surface area contributed by atoms with Crippen LogP contribution < -0.4 is 5.32 Å². The topological polar surface area (TPSA) is 59.8 Å². The molecule has 3 aromatic rings. The third-order valence-corrected chi connectivity index (χ3v) is 5.23. The molecule has 1 heterocycles. The summed E-state index contributed by atoms with van der Waals surface area (Å²) in [5.41, 5.74) is 1.87. The van der Waals surface area contributed by atoms with Gasteiger partial charge in [0.1, 0.15) is 6.33 Å². The largest absolute Gasteiger partial charge is 0.325 e. The number of rotatable bonds is 7. The molecule has 0 saturated carbocycles. The van der Waals surface area contributed by atoms with Crippen molar-refractivity contribution in [1.82, 2.24) is 14.8 Å². The molecular formula is C18H18N4OS2. The number of benzene rings is 2. The Labute approximate surface area is 155 Å². The Bertz CT molecular complexity index is 836. The molecule has 0 atom stereocenters. The SMILES string of the molecule is CSc1ccccc1NC(=O)CCSc1nncn1-c1ccccc1. The van der Waals surface area contributed by atoms with E-state index in [1.54, 1.807) is 18.1 Å². The highest BCUT2D eigenvalue weighted by Crippen LogP contribution is 2.25. The molecule has 1 amide bonds. The summed E-state index contributed by atoms with van der Waals surface area (Å²) in [6.07, 6.45) is 4.10. The molecule has 2 aromatic carbocycles. The molecule has 0 radical (unpaired) electrons. The van der Waals surface area contributed by atoms with Crippen LogP contribution >= 0.6 is 23.5 Å². The van der Waals surface area contributed by atoms with E-state index in [1.807, 2.05) is 65.4 Å². The van der Waals surface area contributed by atoms with Gasteiger partial charge in [-0.1, -0.05) is 42.1 Å². The van der Waals surface area contributed by atoms with Gasteiger partial charge in [0.05, 0.1) is 5.69 Å². The van der Waals surface area contributed by atoms with Crippen molar-refractivity contribution in [3.8, 4) is 5.69 Å². The molecule has 0 unspecified atom stereocenters. The van der Waals surface area contributed by atoms with Crippen molar-refractivity contribution in [2.24, 2.45) is 0 Å². The lowest BCUT2D eigenvalue weighted by Crippen LogP contribution is -2.13.